The van der Waals surface area contributed by atoms with Crippen LogP contribution in [0.3, 0.4) is 0 Å². The Morgan fingerprint density at radius 1 is 1.00 bits per heavy atom. The molecule has 4 fully saturated rings. The van der Waals surface area contributed by atoms with Gasteiger partial charge in [0.25, 0.3) is 0 Å². The molecule has 5 heteroatoms. The summed E-state index contributed by atoms with van der Waals surface area (Å²) >= 11 is 1.47. The standard InChI is InChI=1S/C20H25NO3S/c22-18(23)16-14-3-1-2-4-15(14)25-17(16)21-19(24)20-8-11-5-12(9-20)7-13(6-11)10-20/h11-13H,1-10H2,(H,21,24)(H,22,23)/p-1. The van der Waals surface area contributed by atoms with Gasteiger partial charge in [0, 0.05) is 10.4 Å². The lowest BCUT2D eigenvalue weighted by Crippen LogP contribution is -2.51. The first kappa shape index (κ1) is 15.9. The zero-order valence-corrected chi connectivity index (χ0v) is 15.3. The van der Waals surface area contributed by atoms with Crippen LogP contribution in [0.5, 0.6) is 0 Å². The third-order valence-corrected chi connectivity index (χ3v) is 8.33. The molecule has 4 saturated carbocycles. The van der Waals surface area contributed by atoms with Crippen LogP contribution in [0.25, 0.3) is 0 Å². The second kappa shape index (κ2) is 5.57. The number of amides is 1. The van der Waals surface area contributed by atoms with E-state index in [4.69, 9.17) is 0 Å². The monoisotopic (exact) mass is 358 g/mol. The molecular formula is C20H24NO3S-. The van der Waals surface area contributed by atoms with E-state index in [9.17, 15) is 14.7 Å². The Kier molecular flexibility index (Phi) is 3.53. The third kappa shape index (κ3) is 2.46. The van der Waals surface area contributed by atoms with E-state index >= 15 is 0 Å². The molecule has 0 saturated heterocycles. The van der Waals surface area contributed by atoms with E-state index in [-0.39, 0.29) is 16.9 Å². The van der Waals surface area contributed by atoms with Gasteiger partial charge in [0.05, 0.1) is 11.4 Å². The Hall–Kier alpha value is -1.36. The van der Waals surface area contributed by atoms with E-state index in [1.165, 1.54) is 30.6 Å². The number of thiophene rings is 1. The van der Waals surface area contributed by atoms with Crippen LogP contribution in [0.2, 0.25) is 0 Å². The molecule has 0 atom stereocenters. The van der Waals surface area contributed by atoms with Crippen LogP contribution in [0.15, 0.2) is 0 Å². The SMILES string of the molecule is O=C([O-])c1c(NC(=O)C23CC4CC(CC(C4)C2)C3)sc2c1CCCC2. The normalized spacial score (nSPS) is 35.4. The first-order chi connectivity index (χ1) is 12.0. The number of hydrogen-bond donors (Lipinski definition) is 1. The van der Waals surface area contributed by atoms with Gasteiger partial charge in [-0.25, -0.2) is 0 Å². The minimum atomic E-state index is -1.14. The maximum atomic E-state index is 13.2. The molecule has 1 heterocycles. The van der Waals surface area contributed by atoms with Crippen LogP contribution < -0.4 is 10.4 Å². The number of rotatable bonds is 3. The number of fused-ring (bicyclic) bond motifs is 1. The van der Waals surface area contributed by atoms with Crippen molar-refractivity contribution in [2.45, 2.75) is 64.2 Å². The summed E-state index contributed by atoms with van der Waals surface area (Å²) in [6, 6.07) is 0. The number of aromatic carboxylic acids is 1. The molecule has 0 spiro atoms. The summed E-state index contributed by atoms with van der Waals surface area (Å²) in [6.07, 6.45) is 10.7. The molecule has 1 amide bonds. The predicted molar refractivity (Wildman–Crippen MR) is 94.5 cm³/mol. The molecule has 5 aliphatic rings. The highest BCUT2D eigenvalue weighted by atomic mass is 32.1. The second-order valence-corrected chi connectivity index (χ2v) is 9.96. The molecular weight excluding hydrogens is 334 g/mol. The molecule has 0 aromatic carbocycles. The quantitative estimate of drug-likeness (QED) is 0.902. The highest BCUT2D eigenvalue weighted by molar-refractivity contribution is 7.17. The maximum absolute atomic E-state index is 13.2. The number of hydrogen-bond acceptors (Lipinski definition) is 4. The Morgan fingerprint density at radius 3 is 2.20 bits per heavy atom. The van der Waals surface area contributed by atoms with Gasteiger partial charge in [0.1, 0.15) is 5.00 Å². The number of aryl methyl sites for hydroxylation is 1. The highest BCUT2D eigenvalue weighted by Crippen LogP contribution is 2.60. The molecule has 0 aliphatic heterocycles. The zero-order valence-electron chi connectivity index (χ0n) is 14.4. The van der Waals surface area contributed by atoms with Crippen molar-refractivity contribution in [3.63, 3.8) is 0 Å². The fourth-order valence-electron chi connectivity index (χ4n) is 6.49. The molecule has 1 aromatic heterocycles. The van der Waals surface area contributed by atoms with Crippen LogP contribution in [0.1, 0.15) is 72.2 Å². The number of carboxylic acids is 1. The van der Waals surface area contributed by atoms with Gasteiger partial charge in [-0.1, -0.05) is 0 Å². The second-order valence-electron chi connectivity index (χ2n) is 8.85. The first-order valence-corrected chi connectivity index (χ1v) is 10.5. The van der Waals surface area contributed by atoms with Gasteiger partial charge in [-0.3, -0.25) is 4.79 Å². The molecule has 0 unspecified atom stereocenters. The summed E-state index contributed by atoms with van der Waals surface area (Å²) in [5.41, 5.74) is 0.928. The summed E-state index contributed by atoms with van der Waals surface area (Å²) in [5, 5.41) is 15.3. The minimum Gasteiger partial charge on any atom is -0.545 e. The van der Waals surface area contributed by atoms with Crippen LogP contribution in [-0.4, -0.2) is 11.9 Å². The fourth-order valence-corrected chi connectivity index (χ4v) is 7.77. The van der Waals surface area contributed by atoms with Gasteiger partial charge in [-0.15, -0.1) is 11.3 Å². The number of nitrogens with one attached hydrogen (secondary N) is 1. The summed E-state index contributed by atoms with van der Waals surface area (Å²) in [4.78, 5) is 26.1. The van der Waals surface area contributed by atoms with Gasteiger partial charge in [0.2, 0.25) is 5.91 Å². The van der Waals surface area contributed by atoms with Crippen molar-refractivity contribution < 1.29 is 14.7 Å². The number of carbonyl (C=O) groups excluding carboxylic acids is 2. The molecule has 6 rings (SSSR count). The van der Waals surface area contributed by atoms with Crippen LogP contribution in [0, 0.1) is 23.2 Å². The van der Waals surface area contributed by atoms with Crippen molar-refractivity contribution in [1.29, 1.82) is 0 Å². The first-order valence-electron chi connectivity index (χ1n) is 9.71. The lowest BCUT2D eigenvalue weighted by Gasteiger charge is -2.55. The molecule has 134 valence electrons. The summed E-state index contributed by atoms with van der Waals surface area (Å²) in [6.45, 7) is 0. The van der Waals surface area contributed by atoms with E-state index in [0.717, 1.165) is 55.4 Å². The van der Waals surface area contributed by atoms with E-state index in [0.29, 0.717) is 22.8 Å². The number of carboxylic acid groups (broad SMARTS) is 1. The molecule has 25 heavy (non-hydrogen) atoms. The Morgan fingerprint density at radius 2 is 1.60 bits per heavy atom. The van der Waals surface area contributed by atoms with Gasteiger partial charge < -0.3 is 15.2 Å². The predicted octanol–water partition coefficient (Wildman–Crippen LogP) is 3.15. The third-order valence-electron chi connectivity index (χ3n) is 7.12. The van der Waals surface area contributed by atoms with Crippen molar-refractivity contribution in [2.75, 3.05) is 5.32 Å². The largest absolute Gasteiger partial charge is 0.545 e. The lowest BCUT2D eigenvalue weighted by molar-refractivity contribution is -0.254. The van der Waals surface area contributed by atoms with Crippen LogP contribution >= 0.6 is 11.3 Å². The molecule has 1 N–H and O–H groups in total. The summed E-state index contributed by atoms with van der Waals surface area (Å²) < 4.78 is 0. The average Bonchev–Trinajstić information content (AvgIpc) is 2.91. The smallest absolute Gasteiger partial charge is 0.231 e. The maximum Gasteiger partial charge on any atom is 0.231 e. The van der Waals surface area contributed by atoms with Crippen LogP contribution in [-0.2, 0) is 17.6 Å². The molecule has 4 nitrogen and oxygen atoms in total. The van der Waals surface area contributed by atoms with Gasteiger partial charge in [-0.2, -0.15) is 0 Å². The lowest BCUT2D eigenvalue weighted by atomic mass is 9.49. The van der Waals surface area contributed by atoms with Crippen molar-refractivity contribution in [3.8, 4) is 0 Å². The van der Waals surface area contributed by atoms with E-state index < -0.39 is 5.97 Å². The topological polar surface area (TPSA) is 69.2 Å². The highest BCUT2D eigenvalue weighted by Gasteiger charge is 2.54. The average molecular weight is 358 g/mol. The Bertz CT molecular complexity index is 715. The van der Waals surface area contributed by atoms with E-state index in [1.807, 2.05) is 0 Å². The molecule has 4 bridgehead atoms. The van der Waals surface area contributed by atoms with Crippen molar-refractivity contribution in [3.05, 3.63) is 16.0 Å². The number of anilines is 1. The minimum absolute atomic E-state index is 0.0766. The Balaban J connectivity index is 1.45. The fraction of sp³-hybridized carbons (Fsp3) is 0.700. The molecule has 5 aliphatic carbocycles. The van der Waals surface area contributed by atoms with Gasteiger partial charge in [0.15, 0.2) is 0 Å². The molecule has 1 aromatic rings. The van der Waals surface area contributed by atoms with Crippen molar-refractivity contribution in [1.82, 2.24) is 0 Å². The van der Waals surface area contributed by atoms with Crippen molar-refractivity contribution >= 4 is 28.2 Å². The van der Waals surface area contributed by atoms with Crippen LogP contribution in [0.4, 0.5) is 5.00 Å². The van der Waals surface area contributed by atoms with E-state index in [2.05, 4.69) is 5.32 Å². The molecule has 0 radical (unpaired) electrons. The summed E-state index contributed by atoms with van der Waals surface area (Å²) in [5.74, 6) is 1.05. The number of carbonyl (C=O) groups is 2. The van der Waals surface area contributed by atoms with E-state index in [1.54, 1.807) is 0 Å². The summed E-state index contributed by atoms with van der Waals surface area (Å²) in [7, 11) is 0. The van der Waals surface area contributed by atoms with Gasteiger partial charge in [-0.05, 0) is 87.5 Å². The zero-order chi connectivity index (χ0) is 17.2. The Labute approximate surface area is 152 Å². The van der Waals surface area contributed by atoms with Crippen molar-refractivity contribution in [2.24, 2.45) is 23.2 Å². The van der Waals surface area contributed by atoms with Gasteiger partial charge >= 0.3 is 0 Å².